The molecule has 1 aromatic carbocycles. The molecule has 1 rings (SSSR count). The fourth-order valence-corrected chi connectivity index (χ4v) is 2.02. The monoisotopic (exact) mass is 279 g/mol. The van der Waals surface area contributed by atoms with Gasteiger partial charge in [-0.3, -0.25) is 4.79 Å². The third kappa shape index (κ3) is 5.21. The molecule has 0 radical (unpaired) electrons. The number of carbonyl (C=O) groups is 1. The first kappa shape index (κ1) is 16.5. The number of nitrogens with zero attached hydrogens (tertiary/aromatic N) is 1. The zero-order valence-electron chi connectivity index (χ0n) is 13.1. The molecule has 0 fully saturated rings. The Morgan fingerprint density at radius 1 is 1.20 bits per heavy atom. The molecule has 1 aromatic rings. The summed E-state index contributed by atoms with van der Waals surface area (Å²) < 4.78 is 10.7. The lowest BCUT2D eigenvalue weighted by molar-refractivity contribution is -0.144. The molecule has 112 valence electrons. The maximum atomic E-state index is 11.7. The van der Waals surface area contributed by atoms with Gasteiger partial charge >= 0.3 is 5.97 Å². The van der Waals surface area contributed by atoms with Crippen molar-refractivity contribution in [3.63, 3.8) is 0 Å². The molecule has 1 unspecified atom stereocenters. The number of esters is 1. The molecule has 0 aliphatic heterocycles. The van der Waals surface area contributed by atoms with Crippen molar-refractivity contribution in [2.75, 3.05) is 20.7 Å². The number of hydrogen-bond acceptors (Lipinski definition) is 4. The number of benzene rings is 1. The van der Waals surface area contributed by atoms with Gasteiger partial charge in [0.25, 0.3) is 0 Å². The Kier molecular flexibility index (Phi) is 6.52. The molecule has 0 bridgehead atoms. The van der Waals surface area contributed by atoms with E-state index in [1.165, 1.54) is 0 Å². The summed E-state index contributed by atoms with van der Waals surface area (Å²) in [4.78, 5) is 13.7. The van der Waals surface area contributed by atoms with Gasteiger partial charge in [-0.1, -0.05) is 12.1 Å². The third-order valence-electron chi connectivity index (χ3n) is 2.93. The van der Waals surface area contributed by atoms with Gasteiger partial charge in [0.15, 0.2) is 0 Å². The van der Waals surface area contributed by atoms with Crippen molar-refractivity contribution in [3.05, 3.63) is 29.8 Å². The summed E-state index contributed by atoms with van der Waals surface area (Å²) in [5, 5.41) is 0. The SMILES string of the molecule is CCOC(=O)CC(c1ccc(OC(C)C)cc1)N(C)C. The summed E-state index contributed by atoms with van der Waals surface area (Å²) in [6.45, 7) is 6.23. The third-order valence-corrected chi connectivity index (χ3v) is 2.93. The number of ether oxygens (including phenoxy) is 2. The highest BCUT2D eigenvalue weighted by Gasteiger charge is 2.19. The van der Waals surface area contributed by atoms with E-state index in [0.29, 0.717) is 13.0 Å². The van der Waals surface area contributed by atoms with Crippen LogP contribution in [0.1, 0.15) is 38.8 Å². The summed E-state index contributed by atoms with van der Waals surface area (Å²) in [6.07, 6.45) is 0.510. The van der Waals surface area contributed by atoms with Crippen LogP contribution in [0.4, 0.5) is 0 Å². The normalized spacial score (nSPS) is 12.6. The molecule has 1 atom stereocenters. The molecular formula is C16H25NO3. The predicted octanol–water partition coefficient (Wildman–Crippen LogP) is 3.03. The zero-order chi connectivity index (χ0) is 15.1. The van der Waals surface area contributed by atoms with E-state index in [4.69, 9.17) is 9.47 Å². The summed E-state index contributed by atoms with van der Waals surface area (Å²) in [6, 6.07) is 7.90. The van der Waals surface area contributed by atoms with E-state index in [9.17, 15) is 4.79 Å². The number of hydrogen-bond donors (Lipinski definition) is 0. The molecule has 0 aliphatic carbocycles. The molecule has 20 heavy (non-hydrogen) atoms. The van der Waals surface area contributed by atoms with Gasteiger partial charge in [0.05, 0.1) is 19.1 Å². The lowest BCUT2D eigenvalue weighted by atomic mass is 10.0. The molecule has 0 aromatic heterocycles. The van der Waals surface area contributed by atoms with Gasteiger partial charge in [-0.05, 0) is 52.6 Å². The Hall–Kier alpha value is -1.55. The van der Waals surface area contributed by atoms with Crippen LogP contribution in [0.3, 0.4) is 0 Å². The van der Waals surface area contributed by atoms with Gasteiger partial charge < -0.3 is 14.4 Å². The second kappa shape index (κ2) is 7.90. The maximum absolute atomic E-state index is 11.7. The van der Waals surface area contributed by atoms with Crippen LogP contribution in [0.2, 0.25) is 0 Å². The van der Waals surface area contributed by atoms with Crippen LogP contribution < -0.4 is 4.74 Å². The van der Waals surface area contributed by atoms with Gasteiger partial charge in [0, 0.05) is 6.04 Å². The second-order valence-corrected chi connectivity index (χ2v) is 5.22. The van der Waals surface area contributed by atoms with E-state index in [-0.39, 0.29) is 18.1 Å². The van der Waals surface area contributed by atoms with Crippen molar-refractivity contribution in [3.8, 4) is 5.75 Å². The average molecular weight is 279 g/mol. The largest absolute Gasteiger partial charge is 0.491 e. The minimum atomic E-state index is -0.172. The van der Waals surface area contributed by atoms with Gasteiger partial charge in [-0.25, -0.2) is 0 Å². The van der Waals surface area contributed by atoms with Crippen molar-refractivity contribution in [2.24, 2.45) is 0 Å². The zero-order valence-corrected chi connectivity index (χ0v) is 13.1. The van der Waals surface area contributed by atoms with E-state index >= 15 is 0 Å². The highest BCUT2D eigenvalue weighted by molar-refractivity contribution is 5.70. The second-order valence-electron chi connectivity index (χ2n) is 5.22. The molecule has 0 amide bonds. The summed E-state index contributed by atoms with van der Waals surface area (Å²) in [7, 11) is 3.92. The maximum Gasteiger partial charge on any atom is 0.307 e. The van der Waals surface area contributed by atoms with Gasteiger partial charge in [-0.2, -0.15) is 0 Å². The first-order valence-corrected chi connectivity index (χ1v) is 7.02. The summed E-state index contributed by atoms with van der Waals surface area (Å²) in [5.41, 5.74) is 1.08. The van der Waals surface area contributed by atoms with E-state index in [0.717, 1.165) is 11.3 Å². The van der Waals surface area contributed by atoms with Crippen LogP contribution >= 0.6 is 0 Å². The van der Waals surface area contributed by atoms with E-state index < -0.39 is 0 Å². The fraction of sp³-hybridized carbons (Fsp3) is 0.562. The van der Waals surface area contributed by atoms with E-state index in [1.807, 2.05) is 64.0 Å². The van der Waals surface area contributed by atoms with E-state index in [1.54, 1.807) is 0 Å². The number of rotatable bonds is 7. The highest BCUT2D eigenvalue weighted by Crippen LogP contribution is 2.25. The van der Waals surface area contributed by atoms with Crippen molar-refractivity contribution in [1.29, 1.82) is 0 Å². The first-order valence-electron chi connectivity index (χ1n) is 7.02. The average Bonchev–Trinajstić information content (AvgIpc) is 2.36. The van der Waals surface area contributed by atoms with Crippen molar-refractivity contribution >= 4 is 5.97 Å². The molecule has 0 heterocycles. The van der Waals surface area contributed by atoms with Crippen LogP contribution in [-0.4, -0.2) is 37.7 Å². The van der Waals surface area contributed by atoms with Crippen LogP contribution in [0.25, 0.3) is 0 Å². The van der Waals surface area contributed by atoms with E-state index in [2.05, 4.69) is 0 Å². The molecule has 0 N–H and O–H groups in total. The smallest absolute Gasteiger partial charge is 0.307 e. The van der Waals surface area contributed by atoms with Crippen molar-refractivity contribution in [2.45, 2.75) is 39.3 Å². The topological polar surface area (TPSA) is 38.8 Å². The highest BCUT2D eigenvalue weighted by atomic mass is 16.5. The fourth-order valence-electron chi connectivity index (χ4n) is 2.02. The molecule has 0 spiro atoms. The van der Waals surface area contributed by atoms with Crippen LogP contribution in [0.15, 0.2) is 24.3 Å². The Morgan fingerprint density at radius 2 is 1.80 bits per heavy atom. The standard InChI is InChI=1S/C16H25NO3/c1-6-19-16(18)11-15(17(4)5)13-7-9-14(10-8-13)20-12(2)3/h7-10,12,15H,6,11H2,1-5H3. The van der Waals surface area contributed by atoms with Crippen LogP contribution in [0.5, 0.6) is 5.75 Å². The Balaban J connectivity index is 2.79. The van der Waals surface area contributed by atoms with Gasteiger partial charge in [0.2, 0.25) is 0 Å². The Morgan fingerprint density at radius 3 is 2.25 bits per heavy atom. The van der Waals surface area contributed by atoms with Gasteiger partial charge in [0.1, 0.15) is 5.75 Å². The molecular weight excluding hydrogens is 254 g/mol. The van der Waals surface area contributed by atoms with Crippen molar-refractivity contribution < 1.29 is 14.3 Å². The lowest BCUT2D eigenvalue weighted by Crippen LogP contribution is -2.23. The number of carbonyl (C=O) groups excluding carboxylic acids is 1. The Bertz CT molecular complexity index is 412. The van der Waals surface area contributed by atoms with Crippen molar-refractivity contribution in [1.82, 2.24) is 4.90 Å². The predicted molar refractivity (Wildman–Crippen MR) is 79.9 cm³/mol. The molecule has 0 aliphatic rings. The molecule has 0 saturated carbocycles. The van der Waals surface area contributed by atoms with Crippen LogP contribution in [0, 0.1) is 0 Å². The minimum absolute atomic E-state index is 0.0159. The first-order chi connectivity index (χ1) is 9.43. The molecule has 4 heteroatoms. The van der Waals surface area contributed by atoms with Gasteiger partial charge in [-0.15, -0.1) is 0 Å². The molecule has 0 saturated heterocycles. The summed E-state index contributed by atoms with van der Waals surface area (Å²) >= 11 is 0. The molecule has 4 nitrogen and oxygen atoms in total. The summed E-state index contributed by atoms with van der Waals surface area (Å²) in [5.74, 6) is 0.672. The quantitative estimate of drug-likeness (QED) is 0.719. The Labute approximate surface area is 121 Å². The van der Waals surface area contributed by atoms with Crippen LogP contribution in [-0.2, 0) is 9.53 Å². The lowest BCUT2D eigenvalue weighted by Gasteiger charge is -2.24. The minimum Gasteiger partial charge on any atom is -0.491 e.